The number of rotatable bonds is 10. The molecule has 2 N–H and O–H groups in total. The van der Waals surface area contributed by atoms with Gasteiger partial charge in [0.25, 0.3) is 0 Å². The van der Waals surface area contributed by atoms with Gasteiger partial charge in [0.05, 0.1) is 12.5 Å². The lowest BCUT2D eigenvalue weighted by Crippen LogP contribution is -2.22. The maximum atomic E-state index is 12.4. The first-order chi connectivity index (χ1) is 20.4. The Morgan fingerprint density at radius 3 is 2.43 bits per heavy atom. The highest BCUT2D eigenvalue weighted by Gasteiger charge is 2.32. The number of nitrogens with two attached hydrogens (primary N) is 1. The Morgan fingerprint density at radius 1 is 0.905 bits per heavy atom. The summed E-state index contributed by atoms with van der Waals surface area (Å²) < 4.78 is 28.7. The van der Waals surface area contributed by atoms with E-state index in [0.717, 1.165) is 11.1 Å². The summed E-state index contributed by atoms with van der Waals surface area (Å²) in [6.07, 6.45) is 0. The number of fused-ring (bicyclic) bond motifs is 1. The summed E-state index contributed by atoms with van der Waals surface area (Å²) in [4.78, 5) is 12.4. The Kier molecular flexibility index (Phi) is 8.59. The van der Waals surface area contributed by atoms with Gasteiger partial charge in [0, 0.05) is 11.6 Å². The summed E-state index contributed by atoms with van der Waals surface area (Å²) in [7, 11) is 0. The summed E-state index contributed by atoms with van der Waals surface area (Å²) in [5, 5.41) is 10.00. The minimum absolute atomic E-state index is 0.0245. The van der Waals surface area contributed by atoms with Gasteiger partial charge in [-0.15, -0.1) is 0 Å². The van der Waals surface area contributed by atoms with E-state index in [1.54, 1.807) is 30.3 Å². The number of para-hydroxylation sites is 1. The molecule has 4 aromatic carbocycles. The van der Waals surface area contributed by atoms with E-state index in [9.17, 15) is 10.1 Å². The summed E-state index contributed by atoms with van der Waals surface area (Å²) in [6.45, 7) is 4.49. The molecule has 4 aromatic rings. The molecule has 1 aliphatic heterocycles. The molecule has 0 aromatic heterocycles. The summed E-state index contributed by atoms with van der Waals surface area (Å²) in [5.41, 5.74) is 10.1. The molecule has 8 heteroatoms. The van der Waals surface area contributed by atoms with Crippen LogP contribution in [0, 0.1) is 18.3 Å². The maximum Gasteiger partial charge on any atom is 0.349 e. The highest BCUT2D eigenvalue weighted by atomic mass is 16.6. The van der Waals surface area contributed by atoms with Crippen LogP contribution in [0.25, 0.3) is 0 Å². The number of benzene rings is 4. The van der Waals surface area contributed by atoms with Crippen LogP contribution < -0.4 is 29.4 Å². The molecule has 0 bridgehead atoms. The molecule has 0 spiro atoms. The van der Waals surface area contributed by atoms with E-state index in [0.29, 0.717) is 41.8 Å². The van der Waals surface area contributed by atoms with E-state index in [1.807, 2.05) is 74.5 Å². The number of carbonyl (C=O) groups excluding carboxylic acids is 1. The number of hydrogen-bond acceptors (Lipinski definition) is 8. The van der Waals surface area contributed by atoms with E-state index in [2.05, 4.69) is 6.07 Å². The van der Waals surface area contributed by atoms with Crippen molar-refractivity contribution in [1.29, 1.82) is 5.26 Å². The van der Waals surface area contributed by atoms with Crippen molar-refractivity contribution in [1.82, 2.24) is 0 Å². The number of nitrogens with zero attached hydrogens (tertiary/aromatic N) is 1. The minimum Gasteiger partial charge on any atom is -0.490 e. The van der Waals surface area contributed by atoms with Crippen molar-refractivity contribution in [2.24, 2.45) is 5.73 Å². The van der Waals surface area contributed by atoms with Crippen molar-refractivity contribution >= 4 is 5.97 Å². The topological polar surface area (TPSA) is 113 Å². The fraction of sp³-hybridized carbons (Fsp3) is 0.176. The van der Waals surface area contributed by atoms with Gasteiger partial charge in [0.2, 0.25) is 5.88 Å². The highest BCUT2D eigenvalue weighted by molar-refractivity contribution is 5.74. The predicted octanol–water partition coefficient (Wildman–Crippen LogP) is 6.18. The number of aryl methyl sites for hydroxylation is 1. The van der Waals surface area contributed by atoms with Crippen LogP contribution in [-0.2, 0) is 11.4 Å². The molecule has 1 heterocycles. The van der Waals surface area contributed by atoms with Gasteiger partial charge >= 0.3 is 5.97 Å². The molecule has 0 saturated heterocycles. The Morgan fingerprint density at radius 2 is 1.69 bits per heavy atom. The highest BCUT2D eigenvalue weighted by Crippen LogP contribution is 2.45. The lowest BCUT2D eigenvalue weighted by Gasteiger charge is -2.27. The van der Waals surface area contributed by atoms with Crippen LogP contribution in [0.4, 0.5) is 0 Å². The maximum absolute atomic E-state index is 12.4. The third-order valence-electron chi connectivity index (χ3n) is 6.64. The number of nitriles is 1. The lowest BCUT2D eigenvalue weighted by molar-refractivity contribution is -0.136. The van der Waals surface area contributed by atoms with Crippen LogP contribution in [0.5, 0.6) is 28.7 Å². The number of ether oxygens (including phenoxy) is 5. The molecule has 42 heavy (non-hydrogen) atoms. The van der Waals surface area contributed by atoms with Gasteiger partial charge in [-0.2, -0.15) is 5.26 Å². The molecule has 212 valence electrons. The average molecular weight is 563 g/mol. The van der Waals surface area contributed by atoms with Crippen LogP contribution in [0.2, 0.25) is 0 Å². The second kappa shape index (κ2) is 12.8. The molecule has 0 fully saturated rings. The molecular formula is C34H30N2O6. The SMILES string of the molecule is CCOc1cc(C2C(C#N)=C(N)Oc3cc(OC(=O)COc4ccccc4)ccc32)ccc1OCc1ccc(C)cc1. The Labute approximate surface area is 244 Å². The van der Waals surface area contributed by atoms with Gasteiger partial charge in [0.1, 0.15) is 35.5 Å². The quantitative estimate of drug-likeness (QED) is 0.180. The van der Waals surface area contributed by atoms with Gasteiger partial charge in [-0.05, 0) is 55.3 Å². The molecule has 8 nitrogen and oxygen atoms in total. The largest absolute Gasteiger partial charge is 0.490 e. The van der Waals surface area contributed by atoms with Crippen molar-refractivity contribution in [2.45, 2.75) is 26.4 Å². The van der Waals surface area contributed by atoms with Crippen molar-refractivity contribution in [3.63, 3.8) is 0 Å². The van der Waals surface area contributed by atoms with Crippen molar-refractivity contribution < 1.29 is 28.5 Å². The molecule has 0 amide bonds. The van der Waals surface area contributed by atoms with E-state index >= 15 is 0 Å². The zero-order valence-electron chi connectivity index (χ0n) is 23.3. The van der Waals surface area contributed by atoms with Crippen LogP contribution in [0.15, 0.2) is 102 Å². The molecule has 5 rings (SSSR count). The second-order valence-corrected chi connectivity index (χ2v) is 9.61. The summed E-state index contributed by atoms with van der Waals surface area (Å²) in [5.74, 6) is 1.21. The zero-order valence-corrected chi connectivity index (χ0v) is 23.3. The second-order valence-electron chi connectivity index (χ2n) is 9.61. The molecule has 0 aliphatic carbocycles. The van der Waals surface area contributed by atoms with E-state index in [-0.39, 0.29) is 23.8 Å². The van der Waals surface area contributed by atoms with E-state index in [1.165, 1.54) is 5.56 Å². The standard InChI is InChI=1S/C34H30N2O6/c1-3-38-31-17-24(13-16-29(31)40-20-23-11-9-22(2)10-12-23)33-27-15-14-26(18-30(27)42-34(36)28(33)19-35)41-32(37)21-39-25-7-5-4-6-8-25/h4-18,33H,3,20-21,36H2,1-2H3. The average Bonchev–Trinajstić information content (AvgIpc) is 3.00. The van der Waals surface area contributed by atoms with Crippen molar-refractivity contribution in [3.8, 4) is 34.8 Å². The Bertz CT molecular complexity index is 1640. The Balaban J connectivity index is 1.38. The third kappa shape index (κ3) is 6.48. The Hall–Kier alpha value is -5.42. The van der Waals surface area contributed by atoms with Crippen LogP contribution in [0.3, 0.4) is 0 Å². The molecular weight excluding hydrogens is 532 g/mol. The van der Waals surface area contributed by atoms with Crippen molar-refractivity contribution in [3.05, 3.63) is 125 Å². The first-order valence-corrected chi connectivity index (χ1v) is 13.5. The first kappa shape index (κ1) is 28.1. The molecule has 0 saturated carbocycles. The number of carbonyl (C=O) groups is 1. The van der Waals surface area contributed by atoms with Crippen molar-refractivity contribution in [2.75, 3.05) is 13.2 Å². The minimum atomic E-state index is -0.574. The van der Waals surface area contributed by atoms with E-state index in [4.69, 9.17) is 29.4 Å². The van der Waals surface area contributed by atoms with E-state index < -0.39 is 11.9 Å². The zero-order chi connectivity index (χ0) is 29.5. The van der Waals surface area contributed by atoms with Crippen LogP contribution in [-0.4, -0.2) is 19.2 Å². The van der Waals surface area contributed by atoms with Gasteiger partial charge in [-0.1, -0.05) is 60.2 Å². The molecule has 1 unspecified atom stereocenters. The van der Waals surface area contributed by atoms with Gasteiger partial charge in [-0.3, -0.25) is 0 Å². The summed E-state index contributed by atoms with van der Waals surface area (Å²) in [6, 6.07) is 29.9. The van der Waals surface area contributed by atoms with Crippen LogP contribution in [0.1, 0.15) is 35.1 Å². The smallest absolute Gasteiger partial charge is 0.349 e. The molecule has 1 atom stereocenters. The van der Waals surface area contributed by atoms with Gasteiger partial charge in [-0.25, -0.2) is 4.79 Å². The molecule has 0 radical (unpaired) electrons. The summed E-state index contributed by atoms with van der Waals surface area (Å²) >= 11 is 0. The normalized spacial score (nSPS) is 13.8. The fourth-order valence-electron chi connectivity index (χ4n) is 4.60. The van der Waals surface area contributed by atoms with Gasteiger partial charge in [0.15, 0.2) is 18.1 Å². The predicted molar refractivity (Wildman–Crippen MR) is 156 cm³/mol. The number of hydrogen-bond donors (Lipinski definition) is 1. The monoisotopic (exact) mass is 562 g/mol. The molecule has 1 aliphatic rings. The fourth-order valence-corrected chi connectivity index (χ4v) is 4.60. The third-order valence-corrected chi connectivity index (χ3v) is 6.64. The number of allylic oxidation sites excluding steroid dienone is 1. The van der Waals surface area contributed by atoms with Crippen LogP contribution >= 0.6 is 0 Å². The number of esters is 1. The first-order valence-electron chi connectivity index (χ1n) is 13.5. The lowest BCUT2D eigenvalue weighted by atomic mass is 9.83. The van der Waals surface area contributed by atoms with Gasteiger partial charge < -0.3 is 29.4 Å².